The van der Waals surface area contributed by atoms with Crippen molar-refractivity contribution in [1.29, 1.82) is 0 Å². The van der Waals surface area contributed by atoms with E-state index in [1.54, 1.807) is 0 Å². The molecule has 1 amide bonds. The molecule has 0 aliphatic carbocycles. The van der Waals surface area contributed by atoms with Gasteiger partial charge < -0.3 is 16.8 Å². The van der Waals surface area contributed by atoms with Gasteiger partial charge in [0.15, 0.2) is 0 Å². The van der Waals surface area contributed by atoms with Crippen LogP contribution in [0.1, 0.15) is 27.2 Å². The van der Waals surface area contributed by atoms with E-state index < -0.39 is 0 Å². The second kappa shape index (κ2) is 6.79. The van der Waals surface area contributed by atoms with Crippen molar-refractivity contribution in [1.82, 2.24) is 5.32 Å². The van der Waals surface area contributed by atoms with Crippen molar-refractivity contribution < 1.29 is 4.79 Å². The molecule has 0 aromatic carbocycles. The minimum Gasteiger partial charge on any atom is -0.370 e. The van der Waals surface area contributed by atoms with Crippen LogP contribution < -0.4 is 16.8 Å². The predicted octanol–water partition coefficient (Wildman–Crippen LogP) is 0.0708. The zero-order chi connectivity index (χ0) is 11.1. The molecule has 0 aliphatic rings. The number of nitrogens with two attached hydrogens (primary N) is 2. The summed E-state index contributed by atoms with van der Waals surface area (Å²) in [4.78, 5) is 10.6. The normalized spacial score (nSPS) is 15.5. The van der Waals surface area contributed by atoms with E-state index in [9.17, 15) is 4.79 Å². The van der Waals surface area contributed by atoms with Crippen LogP contribution in [0.15, 0.2) is 0 Å². The van der Waals surface area contributed by atoms with E-state index in [1.807, 2.05) is 6.92 Å². The van der Waals surface area contributed by atoms with E-state index >= 15 is 0 Å². The molecule has 0 aliphatic heterocycles. The summed E-state index contributed by atoms with van der Waals surface area (Å²) in [6.45, 7) is 7.78. The fraction of sp³-hybridized carbons (Fsp3) is 0.900. The zero-order valence-corrected chi connectivity index (χ0v) is 9.42. The second-order valence-corrected chi connectivity index (χ2v) is 4.22. The van der Waals surface area contributed by atoms with Crippen LogP contribution >= 0.6 is 0 Å². The van der Waals surface area contributed by atoms with Crippen molar-refractivity contribution in [3.8, 4) is 0 Å². The largest absolute Gasteiger partial charge is 0.370 e. The lowest BCUT2D eigenvalue weighted by Gasteiger charge is -2.21. The molecular formula is C10H23N3O. The molecule has 0 radical (unpaired) electrons. The summed E-state index contributed by atoms with van der Waals surface area (Å²) in [7, 11) is 0. The Morgan fingerprint density at radius 1 is 1.36 bits per heavy atom. The van der Waals surface area contributed by atoms with Gasteiger partial charge in [0.25, 0.3) is 0 Å². The second-order valence-electron chi connectivity index (χ2n) is 4.22. The molecule has 0 rings (SSSR count). The van der Waals surface area contributed by atoms with Gasteiger partial charge in [0.05, 0.1) is 0 Å². The van der Waals surface area contributed by atoms with E-state index in [4.69, 9.17) is 11.5 Å². The lowest BCUT2D eigenvalue weighted by molar-refractivity contribution is -0.118. The van der Waals surface area contributed by atoms with Crippen molar-refractivity contribution >= 4 is 5.91 Å². The summed E-state index contributed by atoms with van der Waals surface area (Å²) in [5.41, 5.74) is 10.7. The van der Waals surface area contributed by atoms with Crippen LogP contribution in [0, 0.1) is 11.8 Å². The SMILES string of the molecule is CC(CC(N)=O)NCC(CN)C(C)C. The number of amides is 1. The van der Waals surface area contributed by atoms with Crippen LogP contribution in [0.25, 0.3) is 0 Å². The van der Waals surface area contributed by atoms with Gasteiger partial charge in [0, 0.05) is 12.5 Å². The Morgan fingerprint density at radius 3 is 2.29 bits per heavy atom. The van der Waals surface area contributed by atoms with E-state index in [0.29, 0.717) is 24.8 Å². The van der Waals surface area contributed by atoms with E-state index in [0.717, 1.165) is 6.54 Å². The van der Waals surface area contributed by atoms with Crippen LogP contribution in [0.5, 0.6) is 0 Å². The van der Waals surface area contributed by atoms with Crippen LogP contribution in [0.3, 0.4) is 0 Å². The number of carbonyl (C=O) groups is 1. The summed E-state index contributed by atoms with van der Waals surface area (Å²) < 4.78 is 0. The van der Waals surface area contributed by atoms with Crippen molar-refractivity contribution in [3.63, 3.8) is 0 Å². The fourth-order valence-electron chi connectivity index (χ4n) is 1.32. The molecule has 4 nitrogen and oxygen atoms in total. The van der Waals surface area contributed by atoms with E-state index in [-0.39, 0.29) is 11.9 Å². The third-order valence-corrected chi connectivity index (χ3v) is 2.48. The molecule has 2 atom stereocenters. The van der Waals surface area contributed by atoms with Gasteiger partial charge in [-0.05, 0) is 31.8 Å². The Morgan fingerprint density at radius 2 is 1.93 bits per heavy atom. The summed E-state index contributed by atoms with van der Waals surface area (Å²) in [5, 5.41) is 3.27. The highest BCUT2D eigenvalue weighted by Crippen LogP contribution is 2.07. The minimum absolute atomic E-state index is 0.139. The van der Waals surface area contributed by atoms with Crippen LogP contribution in [0.4, 0.5) is 0 Å². The lowest BCUT2D eigenvalue weighted by atomic mass is 9.96. The monoisotopic (exact) mass is 201 g/mol. The van der Waals surface area contributed by atoms with Gasteiger partial charge in [0.1, 0.15) is 0 Å². The maximum absolute atomic E-state index is 10.6. The molecule has 0 saturated carbocycles. The number of hydrogen-bond acceptors (Lipinski definition) is 3. The topological polar surface area (TPSA) is 81.1 Å². The molecule has 14 heavy (non-hydrogen) atoms. The van der Waals surface area contributed by atoms with Crippen molar-refractivity contribution in [3.05, 3.63) is 0 Å². The molecule has 0 aromatic heterocycles. The molecule has 5 N–H and O–H groups in total. The highest BCUT2D eigenvalue weighted by Gasteiger charge is 2.13. The van der Waals surface area contributed by atoms with Gasteiger partial charge in [-0.2, -0.15) is 0 Å². The first-order valence-electron chi connectivity index (χ1n) is 5.19. The number of rotatable bonds is 7. The summed E-state index contributed by atoms with van der Waals surface area (Å²) in [6, 6.07) is 0.139. The third-order valence-electron chi connectivity index (χ3n) is 2.48. The number of nitrogens with one attached hydrogen (secondary N) is 1. The maximum Gasteiger partial charge on any atom is 0.218 e. The van der Waals surface area contributed by atoms with E-state index in [1.165, 1.54) is 0 Å². The summed E-state index contributed by atoms with van der Waals surface area (Å²) in [5.74, 6) is 0.762. The Labute approximate surface area is 86.4 Å². The van der Waals surface area contributed by atoms with Crippen molar-refractivity contribution in [2.45, 2.75) is 33.2 Å². The standard InChI is InChI=1S/C10H23N3O/c1-7(2)9(5-11)6-13-8(3)4-10(12)14/h7-9,13H,4-6,11H2,1-3H3,(H2,12,14). The van der Waals surface area contributed by atoms with Crippen LogP contribution in [-0.2, 0) is 4.79 Å². The zero-order valence-electron chi connectivity index (χ0n) is 9.42. The maximum atomic E-state index is 10.6. The summed E-state index contributed by atoms with van der Waals surface area (Å²) >= 11 is 0. The number of primary amides is 1. The van der Waals surface area contributed by atoms with Crippen LogP contribution in [0.2, 0.25) is 0 Å². The molecule has 84 valence electrons. The molecule has 0 saturated heterocycles. The number of carbonyl (C=O) groups excluding carboxylic acids is 1. The molecule has 0 bridgehead atoms. The first-order valence-corrected chi connectivity index (χ1v) is 5.19. The smallest absolute Gasteiger partial charge is 0.218 e. The average molecular weight is 201 g/mol. The molecule has 0 fully saturated rings. The Bertz CT molecular complexity index is 171. The average Bonchev–Trinajstić information content (AvgIpc) is 2.03. The van der Waals surface area contributed by atoms with Gasteiger partial charge in [-0.25, -0.2) is 0 Å². The molecule has 0 heterocycles. The van der Waals surface area contributed by atoms with Gasteiger partial charge in [-0.3, -0.25) is 4.79 Å². The quantitative estimate of drug-likeness (QED) is 0.545. The molecule has 0 spiro atoms. The van der Waals surface area contributed by atoms with Gasteiger partial charge >= 0.3 is 0 Å². The molecule has 2 unspecified atom stereocenters. The van der Waals surface area contributed by atoms with Gasteiger partial charge in [-0.1, -0.05) is 13.8 Å². The fourth-order valence-corrected chi connectivity index (χ4v) is 1.32. The third kappa shape index (κ3) is 5.94. The lowest BCUT2D eigenvalue weighted by Crippen LogP contribution is -2.38. The van der Waals surface area contributed by atoms with Crippen molar-refractivity contribution in [2.24, 2.45) is 23.3 Å². The minimum atomic E-state index is -0.265. The van der Waals surface area contributed by atoms with Crippen molar-refractivity contribution in [2.75, 3.05) is 13.1 Å². The Kier molecular flexibility index (Phi) is 6.49. The van der Waals surface area contributed by atoms with Gasteiger partial charge in [-0.15, -0.1) is 0 Å². The Hall–Kier alpha value is -0.610. The highest BCUT2D eigenvalue weighted by molar-refractivity contribution is 5.74. The first-order chi connectivity index (χ1) is 6.47. The van der Waals surface area contributed by atoms with Gasteiger partial charge in [0.2, 0.25) is 5.91 Å². The first kappa shape index (κ1) is 13.4. The molecule has 4 heteroatoms. The summed E-state index contributed by atoms with van der Waals surface area (Å²) in [6.07, 6.45) is 0.384. The van der Waals surface area contributed by atoms with E-state index in [2.05, 4.69) is 19.2 Å². The molecule has 0 aromatic rings. The number of hydrogen-bond donors (Lipinski definition) is 3. The Balaban J connectivity index is 3.73. The predicted molar refractivity (Wildman–Crippen MR) is 58.7 cm³/mol. The molecular weight excluding hydrogens is 178 g/mol. The highest BCUT2D eigenvalue weighted by atomic mass is 16.1. The van der Waals surface area contributed by atoms with Crippen LogP contribution in [-0.4, -0.2) is 25.0 Å².